The molecule has 0 unspecified atom stereocenters. The zero-order chi connectivity index (χ0) is 24.4. The molecule has 0 spiro atoms. The Labute approximate surface area is 203 Å². The van der Waals surface area contributed by atoms with E-state index in [-0.39, 0.29) is 18.9 Å². The summed E-state index contributed by atoms with van der Waals surface area (Å²) in [5, 5.41) is 14.9. The summed E-state index contributed by atoms with van der Waals surface area (Å²) in [7, 11) is 0. The van der Waals surface area contributed by atoms with E-state index in [9.17, 15) is 19.5 Å². The monoisotopic (exact) mass is 470 g/mol. The molecule has 0 aliphatic heterocycles. The fourth-order valence-corrected chi connectivity index (χ4v) is 4.71. The Morgan fingerprint density at radius 3 is 2.03 bits per heavy atom. The van der Waals surface area contributed by atoms with Crippen molar-refractivity contribution in [3.05, 3.63) is 95.6 Å². The van der Waals surface area contributed by atoms with E-state index >= 15 is 0 Å². The lowest BCUT2D eigenvalue weighted by molar-refractivity contribution is -0.142. The van der Waals surface area contributed by atoms with Crippen LogP contribution in [-0.2, 0) is 20.7 Å². The lowest BCUT2D eigenvalue weighted by Crippen LogP contribution is -2.54. The fourth-order valence-electron chi connectivity index (χ4n) is 4.71. The predicted octanol–water partition coefficient (Wildman–Crippen LogP) is 3.87. The molecule has 2 aliphatic rings. The number of nitrogens with one attached hydrogen (secondary N) is 2. The minimum Gasteiger partial charge on any atom is -0.480 e. The van der Waals surface area contributed by atoms with Crippen molar-refractivity contribution in [2.45, 2.75) is 36.8 Å². The molecule has 0 aromatic heterocycles. The van der Waals surface area contributed by atoms with Gasteiger partial charge in [-0.2, -0.15) is 0 Å². The number of benzene rings is 3. The minimum absolute atomic E-state index is 0.0839. The average Bonchev–Trinajstić information content (AvgIpc) is 3.58. The predicted molar refractivity (Wildman–Crippen MR) is 130 cm³/mol. The van der Waals surface area contributed by atoms with Gasteiger partial charge in [-0.1, -0.05) is 78.9 Å². The van der Waals surface area contributed by atoms with Crippen LogP contribution in [0.1, 0.15) is 35.4 Å². The summed E-state index contributed by atoms with van der Waals surface area (Å²) in [6.45, 7) is 0.142. The number of amides is 2. The highest BCUT2D eigenvalue weighted by atomic mass is 16.5. The molecule has 0 radical (unpaired) electrons. The first-order chi connectivity index (χ1) is 17.0. The van der Waals surface area contributed by atoms with Gasteiger partial charge in [0.05, 0.1) is 0 Å². The van der Waals surface area contributed by atoms with Crippen molar-refractivity contribution in [3.8, 4) is 11.1 Å². The van der Waals surface area contributed by atoms with Gasteiger partial charge in [-0.3, -0.25) is 4.79 Å². The summed E-state index contributed by atoms with van der Waals surface area (Å²) >= 11 is 0. The second-order valence-corrected chi connectivity index (χ2v) is 9.09. The number of carboxylic acid groups (broad SMARTS) is 1. The summed E-state index contributed by atoms with van der Waals surface area (Å²) in [6, 6.07) is 24.1. The Morgan fingerprint density at radius 1 is 0.886 bits per heavy atom. The fraction of sp³-hybridized carbons (Fsp3) is 0.250. The second kappa shape index (κ2) is 9.25. The zero-order valence-electron chi connectivity index (χ0n) is 19.1. The molecular formula is C28H26N2O5. The van der Waals surface area contributed by atoms with Crippen LogP contribution < -0.4 is 10.6 Å². The number of fused-ring (bicyclic) bond motifs is 3. The largest absolute Gasteiger partial charge is 0.480 e. The highest BCUT2D eigenvalue weighted by Crippen LogP contribution is 2.44. The maximum Gasteiger partial charge on any atom is 0.408 e. The van der Waals surface area contributed by atoms with E-state index in [1.54, 1.807) is 0 Å². The van der Waals surface area contributed by atoms with E-state index in [1.807, 2.05) is 66.7 Å². The molecule has 2 aliphatic carbocycles. The number of carboxylic acids is 1. The van der Waals surface area contributed by atoms with E-state index in [0.29, 0.717) is 12.8 Å². The Hall–Kier alpha value is -4.13. The number of aliphatic carboxylic acids is 1. The highest BCUT2D eigenvalue weighted by molar-refractivity contribution is 5.95. The highest BCUT2D eigenvalue weighted by Gasteiger charge is 2.52. The van der Waals surface area contributed by atoms with Gasteiger partial charge in [0.15, 0.2) is 0 Å². The number of alkyl carbamates (subject to hydrolysis) is 1. The maximum absolute atomic E-state index is 12.9. The average molecular weight is 471 g/mol. The first-order valence-corrected chi connectivity index (χ1v) is 11.7. The van der Waals surface area contributed by atoms with Crippen LogP contribution in [0.15, 0.2) is 78.9 Å². The Bertz CT molecular complexity index is 1220. The molecular weight excluding hydrogens is 444 g/mol. The van der Waals surface area contributed by atoms with Gasteiger partial charge in [-0.25, -0.2) is 9.59 Å². The third-order valence-electron chi connectivity index (χ3n) is 6.76. The molecule has 2 amide bonds. The lowest BCUT2D eigenvalue weighted by Gasteiger charge is -2.21. The molecule has 178 valence electrons. The number of hydrogen-bond acceptors (Lipinski definition) is 4. The van der Waals surface area contributed by atoms with Gasteiger partial charge in [-0.15, -0.1) is 0 Å². The van der Waals surface area contributed by atoms with Crippen LogP contribution in [0.5, 0.6) is 0 Å². The third-order valence-corrected chi connectivity index (χ3v) is 6.76. The molecule has 35 heavy (non-hydrogen) atoms. The van der Waals surface area contributed by atoms with E-state index in [0.717, 1.165) is 27.8 Å². The standard InChI is InChI=1S/C28H26N2O5/c31-25(32)24(16-18-8-2-1-3-9-18)29-26(33)28(14-15-28)30-27(34)35-17-23-21-12-6-4-10-19(21)20-11-5-7-13-22(20)23/h1-13,23-24H,14-17H2,(H,29,33)(H,30,34)(H,31,32)/t24-/m0/s1. The van der Waals surface area contributed by atoms with Gasteiger partial charge in [0, 0.05) is 12.3 Å². The Morgan fingerprint density at radius 2 is 1.46 bits per heavy atom. The smallest absolute Gasteiger partial charge is 0.408 e. The van der Waals surface area contributed by atoms with Crippen LogP contribution in [0.2, 0.25) is 0 Å². The number of ether oxygens (including phenoxy) is 1. The Kier molecular flexibility index (Phi) is 5.99. The van der Waals surface area contributed by atoms with Crippen LogP contribution in [0.25, 0.3) is 11.1 Å². The van der Waals surface area contributed by atoms with E-state index in [1.165, 1.54) is 0 Å². The third kappa shape index (κ3) is 4.62. The minimum atomic E-state index is -1.13. The molecule has 3 aromatic rings. The lowest BCUT2D eigenvalue weighted by atomic mass is 9.98. The van der Waals surface area contributed by atoms with E-state index < -0.39 is 29.6 Å². The van der Waals surface area contributed by atoms with Crippen molar-refractivity contribution >= 4 is 18.0 Å². The summed E-state index contributed by atoms with van der Waals surface area (Å²) in [4.78, 5) is 37.3. The Balaban J connectivity index is 1.21. The van der Waals surface area contributed by atoms with Crippen molar-refractivity contribution in [1.82, 2.24) is 10.6 Å². The molecule has 1 atom stereocenters. The van der Waals surface area contributed by atoms with Gasteiger partial charge < -0.3 is 20.5 Å². The van der Waals surface area contributed by atoms with Crippen LogP contribution in [0.3, 0.4) is 0 Å². The molecule has 1 fully saturated rings. The van der Waals surface area contributed by atoms with Crippen LogP contribution in [0.4, 0.5) is 4.79 Å². The summed E-state index contributed by atoms with van der Waals surface area (Å²) in [5.41, 5.74) is 4.14. The van der Waals surface area contributed by atoms with Crippen molar-refractivity contribution in [2.24, 2.45) is 0 Å². The second-order valence-electron chi connectivity index (χ2n) is 9.09. The van der Waals surface area contributed by atoms with Crippen molar-refractivity contribution < 1.29 is 24.2 Å². The van der Waals surface area contributed by atoms with Crippen molar-refractivity contribution in [2.75, 3.05) is 6.61 Å². The van der Waals surface area contributed by atoms with E-state index in [2.05, 4.69) is 22.8 Å². The summed E-state index contributed by atoms with van der Waals surface area (Å²) in [5.74, 6) is -1.71. The molecule has 3 aromatic carbocycles. The van der Waals surface area contributed by atoms with Crippen LogP contribution >= 0.6 is 0 Å². The van der Waals surface area contributed by atoms with Gasteiger partial charge in [0.2, 0.25) is 5.91 Å². The molecule has 7 heteroatoms. The number of carbonyl (C=O) groups excluding carboxylic acids is 2. The molecule has 0 saturated heterocycles. The number of carbonyl (C=O) groups is 3. The van der Waals surface area contributed by atoms with Gasteiger partial charge in [-0.05, 0) is 40.7 Å². The topological polar surface area (TPSA) is 105 Å². The van der Waals surface area contributed by atoms with Gasteiger partial charge in [0.1, 0.15) is 18.2 Å². The molecule has 0 heterocycles. The van der Waals surface area contributed by atoms with Gasteiger partial charge >= 0.3 is 12.1 Å². The first-order valence-electron chi connectivity index (χ1n) is 11.7. The van der Waals surface area contributed by atoms with Gasteiger partial charge in [0.25, 0.3) is 0 Å². The van der Waals surface area contributed by atoms with Crippen LogP contribution in [0, 0.1) is 0 Å². The van der Waals surface area contributed by atoms with Crippen LogP contribution in [-0.4, -0.2) is 41.3 Å². The molecule has 3 N–H and O–H groups in total. The number of rotatable bonds is 8. The zero-order valence-corrected chi connectivity index (χ0v) is 19.1. The quantitative estimate of drug-likeness (QED) is 0.464. The summed E-state index contributed by atoms with van der Waals surface area (Å²) < 4.78 is 5.57. The van der Waals surface area contributed by atoms with Crippen molar-refractivity contribution in [1.29, 1.82) is 0 Å². The molecule has 0 bridgehead atoms. The maximum atomic E-state index is 12.9. The molecule has 1 saturated carbocycles. The number of hydrogen-bond donors (Lipinski definition) is 3. The van der Waals surface area contributed by atoms with E-state index in [4.69, 9.17) is 4.74 Å². The SMILES string of the molecule is O=C(NC1(C(=O)N[C@@H](Cc2ccccc2)C(=O)O)CC1)OCC1c2ccccc2-c2ccccc21. The normalized spacial score (nSPS) is 15.9. The molecule has 5 rings (SSSR count). The van der Waals surface area contributed by atoms with Crippen molar-refractivity contribution in [3.63, 3.8) is 0 Å². The summed E-state index contributed by atoms with van der Waals surface area (Å²) in [6.07, 6.45) is 0.333. The molecule has 7 nitrogen and oxygen atoms in total. The first kappa shape index (κ1) is 22.7.